The van der Waals surface area contributed by atoms with Crippen LogP contribution < -0.4 is 9.55 Å². The Hall–Kier alpha value is -3.55. The van der Waals surface area contributed by atoms with Gasteiger partial charge in [0, 0.05) is 11.6 Å². The van der Waals surface area contributed by atoms with E-state index in [9.17, 15) is 26.9 Å². The lowest BCUT2D eigenvalue weighted by molar-refractivity contribution is -0.385. The van der Waals surface area contributed by atoms with E-state index in [1.165, 1.54) is 56.5 Å². The Bertz CT molecular complexity index is 1400. The molecule has 2 N–H and O–H groups in total. The highest BCUT2D eigenvalue weighted by atomic mass is 32.2. The van der Waals surface area contributed by atoms with Crippen LogP contribution >= 0.6 is 0 Å². The fourth-order valence-electron chi connectivity index (χ4n) is 2.74. The molecule has 0 amide bonds. The summed E-state index contributed by atoms with van der Waals surface area (Å²) in [6, 6.07) is 12.5. The van der Waals surface area contributed by atoms with Crippen molar-refractivity contribution in [2.45, 2.75) is 30.2 Å². The number of nitrogens with one attached hydrogen (secondary N) is 2. The van der Waals surface area contributed by atoms with Crippen molar-refractivity contribution in [3.63, 3.8) is 0 Å². The normalized spacial score (nSPS) is 12.5. The lowest BCUT2D eigenvalue weighted by atomic mass is 10.1. The SMILES string of the molecule is CC(=NNS(=O)(=O)c1ccc(C)c([N+](=O)[O-])c1)c1ccc(S(=O)(=O)NCc2ccco2)cc1. The Balaban J connectivity index is 1.73. The van der Waals surface area contributed by atoms with Crippen LogP contribution in [0.15, 0.2) is 80.2 Å². The van der Waals surface area contributed by atoms with Crippen molar-refractivity contribution in [2.75, 3.05) is 0 Å². The lowest BCUT2D eigenvalue weighted by Crippen LogP contribution is -2.23. The van der Waals surface area contributed by atoms with Gasteiger partial charge >= 0.3 is 0 Å². The highest BCUT2D eigenvalue weighted by molar-refractivity contribution is 7.89. The number of nitro groups is 1. The minimum Gasteiger partial charge on any atom is -0.468 e. The van der Waals surface area contributed by atoms with Gasteiger partial charge in [-0.3, -0.25) is 10.1 Å². The van der Waals surface area contributed by atoms with E-state index in [-0.39, 0.29) is 27.7 Å². The minimum atomic E-state index is -4.15. The number of benzene rings is 2. The van der Waals surface area contributed by atoms with Crippen LogP contribution in [0.25, 0.3) is 0 Å². The molecule has 2 aromatic carbocycles. The van der Waals surface area contributed by atoms with Gasteiger partial charge in [-0.1, -0.05) is 18.2 Å². The largest absolute Gasteiger partial charge is 0.468 e. The number of nitrogens with zero attached hydrogens (tertiary/aromatic N) is 2. The van der Waals surface area contributed by atoms with Gasteiger partial charge in [-0.15, -0.1) is 0 Å². The molecule has 0 aliphatic rings. The van der Waals surface area contributed by atoms with Crippen LogP contribution in [0.3, 0.4) is 0 Å². The van der Waals surface area contributed by atoms with Gasteiger partial charge in [-0.25, -0.2) is 13.1 Å². The fraction of sp³-hybridized carbons (Fsp3) is 0.150. The second-order valence-corrected chi connectivity index (χ2v) is 10.4. The summed E-state index contributed by atoms with van der Waals surface area (Å²) in [4.78, 5) is 12.1. The first-order valence-corrected chi connectivity index (χ1v) is 12.4. The van der Waals surface area contributed by atoms with Crippen LogP contribution in [0, 0.1) is 17.0 Å². The average molecular weight is 493 g/mol. The van der Waals surface area contributed by atoms with Crippen LogP contribution in [0.5, 0.6) is 0 Å². The molecule has 0 unspecified atom stereocenters. The third-order valence-electron chi connectivity index (χ3n) is 4.62. The maximum atomic E-state index is 12.5. The van der Waals surface area contributed by atoms with Crippen LogP contribution in [-0.4, -0.2) is 27.5 Å². The standard InChI is InChI=1S/C20H20N4O7S2/c1-14-5-8-19(12-20(14)24(25)26)33(29,30)23-22-15(2)16-6-9-18(10-7-16)32(27,28)21-13-17-4-3-11-31-17/h3-12,21,23H,13H2,1-2H3. The molecule has 0 spiro atoms. The summed E-state index contributed by atoms with van der Waals surface area (Å²) >= 11 is 0. The van der Waals surface area contributed by atoms with Gasteiger partial charge in [-0.2, -0.15) is 18.4 Å². The van der Waals surface area contributed by atoms with Crippen LogP contribution in [-0.2, 0) is 26.6 Å². The summed E-state index contributed by atoms with van der Waals surface area (Å²) in [6.07, 6.45) is 1.44. The maximum Gasteiger partial charge on any atom is 0.276 e. The molecule has 3 rings (SSSR count). The third kappa shape index (κ3) is 5.83. The maximum absolute atomic E-state index is 12.5. The van der Waals surface area contributed by atoms with Crippen LogP contribution in [0.4, 0.5) is 5.69 Å². The second-order valence-electron chi connectivity index (χ2n) is 6.93. The summed E-state index contributed by atoms with van der Waals surface area (Å²) in [5.41, 5.74) is 0.730. The summed E-state index contributed by atoms with van der Waals surface area (Å²) in [6.45, 7) is 3.02. The Kier molecular flexibility index (Phi) is 6.95. The van der Waals surface area contributed by atoms with E-state index < -0.39 is 25.0 Å². The van der Waals surface area contributed by atoms with Crippen molar-refractivity contribution >= 4 is 31.4 Å². The molecule has 1 heterocycles. The molecular formula is C20H20N4O7S2. The minimum absolute atomic E-state index is 0.00345. The van der Waals surface area contributed by atoms with E-state index in [0.29, 0.717) is 16.9 Å². The number of hydrogen-bond acceptors (Lipinski definition) is 8. The third-order valence-corrected chi connectivity index (χ3v) is 7.24. The Morgan fingerprint density at radius 2 is 1.70 bits per heavy atom. The molecule has 1 aromatic heterocycles. The van der Waals surface area contributed by atoms with Crippen LogP contribution in [0.2, 0.25) is 0 Å². The topological polar surface area (TPSA) is 161 Å². The molecule has 0 radical (unpaired) electrons. The summed E-state index contributed by atoms with van der Waals surface area (Å²) in [7, 11) is -7.93. The first-order chi connectivity index (χ1) is 15.5. The van der Waals surface area contributed by atoms with E-state index in [1.54, 1.807) is 12.1 Å². The van der Waals surface area contributed by atoms with Crippen LogP contribution in [0.1, 0.15) is 23.8 Å². The first-order valence-electron chi connectivity index (χ1n) is 9.43. The van der Waals surface area contributed by atoms with Crippen molar-refractivity contribution in [1.82, 2.24) is 9.55 Å². The number of rotatable bonds is 9. The number of aryl methyl sites for hydroxylation is 1. The Morgan fingerprint density at radius 1 is 1.03 bits per heavy atom. The highest BCUT2D eigenvalue weighted by Gasteiger charge is 2.20. The molecule has 33 heavy (non-hydrogen) atoms. The molecule has 13 heteroatoms. The molecule has 3 aromatic rings. The van der Waals surface area contributed by atoms with Gasteiger partial charge in [0.1, 0.15) is 5.76 Å². The molecule has 0 bridgehead atoms. The zero-order chi connectivity index (χ0) is 24.2. The molecule has 0 atom stereocenters. The zero-order valence-corrected chi connectivity index (χ0v) is 19.2. The first kappa shape index (κ1) is 24.1. The second kappa shape index (κ2) is 9.52. The Morgan fingerprint density at radius 3 is 2.30 bits per heavy atom. The van der Waals surface area contributed by atoms with Crippen molar-refractivity contribution in [3.8, 4) is 0 Å². The summed E-state index contributed by atoms with van der Waals surface area (Å²) < 4.78 is 57.3. The zero-order valence-electron chi connectivity index (χ0n) is 17.5. The van der Waals surface area contributed by atoms with E-state index in [1.807, 2.05) is 4.83 Å². The van der Waals surface area contributed by atoms with Gasteiger partial charge in [0.05, 0.1) is 33.2 Å². The van der Waals surface area contributed by atoms with Crippen molar-refractivity contribution in [1.29, 1.82) is 0 Å². The predicted octanol–water partition coefficient (Wildman–Crippen LogP) is 2.68. The van der Waals surface area contributed by atoms with Crippen molar-refractivity contribution in [2.24, 2.45) is 5.10 Å². The van der Waals surface area contributed by atoms with E-state index >= 15 is 0 Å². The average Bonchev–Trinajstić information content (AvgIpc) is 3.30. The molecule has 0 aliphatic heterocycles. The summed E-state index contributed by atoms with van der Waals surface area (Å²) in [5, 5.41) is 14.9. The smallest absolute Gasteiger partial charge is 0.276 e. The molecular weight excluding hydrogens is 472 g/mol. The lowest BCUT2D eigenvalue weighted by Gasteiger charge is -2.08. The molecule has 0 fully saturated rings. The molecule has 0 saturated carbocycles. The monoisotopic (exact) mass is 492 g/mol. The van der Waals surface area contributed by atoms with Gasteiger partial charge in [0.15, 0.2) is 0 Å². The van der Waals surface area contributed by atoms with Gasteiger partial charge < -0.3 is 4.42 Å². The van der Waals surface area contributed by atoms with Crippen molar-refractivity contribution < 1.29 is 26.2 Å². The molecule has 0 aliphatic carbocycles. The van der Waals surface area contributed by atoms with Gasteiger partial charge in [0.25, 0.3) is 15.7 Å². The number of nitro benzene ring substituents is 1. The number of furan rings is 1. The summed E-state index contributed by atoms with van der Waals surface area (Å²) in [5.74, 6) is 0.462. The van der Waals surface area contributed by atoms with E-state index in [4.69, 9.17) is 4.42 Å². The quantitative estimate of drug-likeness (QED) is 0.264. The molecule has 11 nitrogen and oxygen atoms in total. The number of hydrogen-bond donors (Lipinski definition) is 2. The number of sulfonamides is 2. The molecule has 0 saturated heterocycles. The fourth-order valence-corrected chi connectivity index (χ4v) is 4.61. The highest BCUT2D eigenvalue weighted by Crippen LogP contribution is 2.22. The Labute approximate surface area is 190 Å². The van der Waals surface area contributed by atoms with Gasteiger partial charge in [0.2, 0.25) is 10.0 Å². The molecule has 174 valence electrons. The van der Waals surface area contributed by atoms with E-state index in [0.717, 1.165) is 6.07 Å². The number of hydrazone groups is 1. The van der Waals surface area contributed by atoms with Crippen molar-refractivity contribution in [3.05, 3.63) is 87.9 Å². The predicted molar refractivity (Wildman–Crippen MR) is 120 cm³/mol. The van der Waals surface area contributed by atoms with Gasteiger partial charge in [-0.05, 0) is 49.7 Å². The van der Waals surface area contributed by atoms with E-state index in [2.05, 4.69) is 9.82 Å².